The minimum atomic E-state index is -2.91. The molecule has 6 heteroatoms. The van der Waals surface area contributed by atoms with E-state index in [1.54, 1.807) is 0 Å². The van der Waals surface area contributed by atoms with Gasteiger partial charge in [0.25, 0.3) is 0 Å². The molecule has 110 valence electrons. The van der Waals surface area contributed by atoms with Gasteiger partial charge in [0.1, 0.15) is 0 Å². The third kappa shape index (κ3) is 2.55. The second kappa shape index (κ2) is 4.98. The highest BCUT2D eigenvalue weighted by Crippen LogP contribution is 2.32. The molecular weight excluding hydrogens is 262 g/mol. The van der Waals surface area contributed by atoms with Crippen molar-refractivity contribution in [2.75, 3.05) is 44.2 Å². The van der Waals surface area contributed by atoms with E-state index >= 15 is 0 Å². The number of piperazine rings is 1. The molecule has 0 bridgehead atoms. The highest BCUT2D eigenvalue weighted by atomic mass is 32.2. The average Bonchev–Trinajstić information content (AvgIpc) is 2.84. The summed E-state index contributed by atoms with van der Waals surface area (Å²) in [6.07, 6.45) is 4.25. The molecule has 5 nitrogen and oxygen atoms in total. The molecule has 0 aliphatic carbocycles. The Bertz CT molecular complexity index is 439. The Morgan fingerprint density at radius 1 is 1.21 bits per heavy atom. The molecule has 0 aromatic heterocycles. The van der Waals surface area contributed by atoms with E-state index in [0.29, 0.717) is 18.3 Å². The molecule has 3 fully saturated rings. The molecule has 0 radical (unpaired) electrons. The Morgan fingerprint density at radius 3 is 2.79 bits per heavy atom. The highest BCUT2D eigenvalue weighted by Gasteiger charge is 2.45. The third-order valence-electron chi connectivity index (χ3n) is 5.22. The number of nitrogens with zero attached hydrogens (tertiary/aromatic N) is 2. The summed E-state index contributed by atoms with van der Waals surface area (Å²) in [7, 11) is -2.91. The number of hydrogen-bond donors (Lipinski definition) is 1. The zero-order valence-electron chi connectivity index (χ0n) is 11.6. The van der Waals surface area contributed by atoms with Crippen LogP contribution in [0.2, 0.25) is 0 Å². The van der Waals surface area contributed by atoms with Crippen LogP contribution in [0.15, 0.2) is 0 Å². The van der Waals surface area contributed by atoms with Gasteiger partial charge in [0, 0.05) is 37.8 Å². The molecule has 2 N–H and O–H groups in total. The number of fused-ring (bicyclic) bond motifs is 1. The molecule has 0 saturated carbocycles. The van der Waals surface area contributed by atoms with E-state index in [2.05, 4.69) is 9.80 Å². The van der Waals surface area contributed by atoms with Crippen molar-refractivity contribution in [3.63, 3.8) is 0 Å². The monoisotopic (exact) mass is 287 g/mol. The maximum atomic E-state index is 12.0. The van der Waals surface area contributed by atoms with Gasteiger partial charge in [-0.3, -0.25) is 9.80 Å². The SMILES string of the molecule is NCC1(N2CCN3CCCC3C2)CCCS(=O)(=O)C1. The van der Waals surface area contributed by atoms with Gasteiger partial charge in [0.05, 0.1) is 11.5 Å². The molecular formula is C13H25N3O2S. The first-order chi connectivity index (χ1) is 9.05. The molecule has 3 saturated heterocycles. The van der Waals surface area contributed by atoms with Crippen molar-refractivity contribution in [3.05, 3.63) is 0 Å². The summed E-state index contributed by atoms with van der Waals surface area (Å²) in [5.41, 5.74) is 5.72. The summed E-state index contributed by atoms with van der Waals surface area (Å²) in [6.45, 7) is 4.74. The third-order valence-corrected chi connectivity index (χ3v) is 7.11. The van der Waals surface area contributed by atoms with Gasteiger partial charge in [-0.1, -0.05) is 0 Å². The van der Waals surface area contributed by atoms with Crippen molar-refractivity contribution in [1.82, 2.24) is 9.80 Å². The maximum absolute atomic E-state index is 12.0. The molecule has 3 aliphatic heterocycles. The van der Waals surface area contributed by atoms with E-state index < -0.39 is 9.84 Å². The fourth-order valence-electron chi connectivity index (χ4n) is 4.14. The second-order valence-corrected chi connectivity index (χ2v) is 8.59. The molecule has 3 aliphatic rings. The molecule has 2 atom stereocenters. The van der Waals surface area contributed by atoms with Gasteiger partial charge >= 0.3 is 0 Å². The van der Waals surface area contributed by atoms with Crippen LogP contribution in [-0.2, 0) is 9.84 Å². The molecule has 0 aromatic rings. The van der Waals surface area contributed by atoms with Crippen LogP contribution in [0.25, 0.3) is 0 Å². The number of sulfone groups is 1. The minimum Gasteiger partial charge on any atom is -0.329 e. The Hall–Kier alpha value is -0.170. The fourth-order valence-corrected chi connectivity index (χ4v) is 6.13. The van der Waals surface area contributed by atoms with Crippen molar-refractivity contribution in [1.29, 1.82) is 0 Å². The predicted octanol–water partition coefficient (Wildman–Crippen LogP) is -0.327. The zero-order chi connectivity index (χ0) is 13.5. The van der Waals surface area contributed by atoms with Gasteiger partial charge in [0.2, 0.25) is 0 Å². The van der Waals surface area contributed by atoms with Crippen LogP contribution in [0, 0.1) is 0 Å². The van der Waals surface area contributed by atoms with Crippen LogP contribution >= 0.6 is 0 Å². The van der Waals surface area contributed by atoms with Gasteiger partial charge in [-0.25, -0.2) is 8.42 Å². The van der Waals surface area contributed by atoms with Crippen molar-refractivity contribution in [2.45, 2.75) is 37.3 Å². The lowest BCUT2D eigenvalue weighted by Gasteiger charge is -2.50. The van der Waals surface area contributed by atoms with E-state index in [0.717, 1.165) is 32.5 Å². The Labute approximate surface area is 116 Å². The van der Waals surface area contributed by atoms with Gasteiger partial charge < -0.3 is 5.73 Å². The molecule has 2 unspecified atom stereocenters. The lowest BCUT2D eigenvalue weighted by atomic mass is 9.91. The standard InChI is InChI=1S/C13H25N3O2S/c14-10-13(4-2-8-19(17,18)11-13)16-7-6-15-5-1-3-12(15)9-16/h12H,1-11,14H2. The van der Waals surface area contributed by atoms with Crippen LogP contribution in [-0.4, -0.2) is 74.0 Å². The smallest absolute Gasteiger partial charge is 0.152 e. The van der Waals surface area contributed by atoms with Crippen LogP contribution < -0.4 is 5.73 Å². The van der Waals surface area contributed by atoms with E-state index in [1.165, 1.54) is 19.4 Å². The van der Waals surface area contributed by atoms with Crippen LogP contribution in [0.5, 0.6) is 0 Å². The quantitative estimate of drug-likeness (QED) is 0.753. The Kier molecular flexibility index (Phi) is 3.62. The molecule has 3 heterocycles. The second-order valence-electron chi connectivity index (χ2n) is 6.40. The summed E-state index contributed by atoms with van der Waals surface area (Å²) >= 11 is 0. The molecule has 0 aromatic carbocycles. The van der Waals surface area contributed by atoms with Crippen LogP contribution in [0.4, 0.5) is 0 Å². The van der Waals surface area contributed by atoms with Crippen molar-refractivity contribution >= 4 is 9.84 Å². The molecule has 19 heavy (non-hydrogen) atoms. The first-order valence-corrected chi connectivity index (χ1v) is 9.26. The average molecular weight is 287 g/mol. The van der Waals surface area contributed by atoms with Crippen molar-refractivity contribution in [3.8, 4) is 0 Å². The van der Waals surface area contributed by atoms with Gasteiger partial charge in [-0.2, -0.15) is 0 Å². The minimum absolute atomic E-state index is 0.267. The van der Waals surface area contributed by atoms with Crippen LogP contribution in [0.3, 0.4) is 0 Å². The van der Waals surface area contributed by atoms with E-state index in [1.807, 2.05) is 0 Å². The maximum Gasteiger partial charge on any atom is 0.152 e. The number of nitrogens with two attached hydrogens (primary N) is 1. The van der Waals surface area contributed by atoms with E-state index in [4.69, 9.17) is 5.73 Å². The summed E-state index contributed by atoms with van der Waals surface area (Å²) < 4.78 is 24.0. The normalized spacial score (nSPS) is 40.2. The van der Waals surface area contributed by atoms with E-state index in [9.17, 15) is 8.42 Å². The summed E-state index contributed by atoms with van der Waals surface area (Å²) in [5.74, 6) is 0.612. The van der Waals surface area contributed by atoms with Crippen molar-refractivity contribution < 1.29 is 8.42 Å². The Balaban J connectivity index is 1.78. The lowest BCUT2D eigenvalue weighted by Crippen LogP contribution is -2.65. The topological polar surface area (TPSA) is 66.6 Å². The summed E-state index contributed by atoms with van der Waals surface area (Å²) in [5, 5.41) is 0. The number of rotatable bonds is 2. The Morgan fingerprint density at radius 2 is 2.05 bits per heavy atom. The van der Waals surface area contributed by atoms with Crippen molar-refractivity contribution in [2.24, 2.45) is 5.73 Å². The predicted molar refractivity (Wildman–Crippen MR) is 75.8 cm³/mol. The first-order valence-electron chi connectivity index (χ1n) is 7.44. The van der Waals surface area contributed by atoms with E-state index in [-0.39, 0.29) is 11.3 Å². The molecule has 0 spiro atoms. The number of hydrogen-bond acceptors (Lipinski definition) is 5. The van der Waals surface area contributed by atoms with Gasteiger partial charge in [-0.05, 0) is 32.2 Å². The largest absolute Gasteiger partial charge is 0.329 e. The van der Waals surface area contributed by atoms with Gasteiger partial charge in [0.15, 0.2) is 9.84 Å². The fraction of sp³-hybridized carbons (Fsp3) is 1.00. The highest BCUT2D eigenvalue weighted by molar-refractivity contribution is 7.91. The molecule has 0 amide bonds. The summed E-state index contributed by atoms with van der Waals surface area (Å²) in [6, 6.07) is 0.627. The zero-order valence-corrected chi connectivity index (χ0v) is 12.4. The van der Waals surface area contributed by atoms with Crippen LogP contribution in [0.1, 0.15) is 25.7 Å². The summed E-state index contributed by atoms with van der Waals surface area (Å²) in [4.78, 5) is 4.95. The molecule has 3 rings (SSSR count). The van der Waals surface area contributed by atoms with Gasteiger partial charge in [-0.15, -0.1) is 0 Å². The lowest BCUT2D eigenvalue weighted by molar-refractivity contribution is 0.0225. The first kappa shape index (κ1) is 13.8.